The second kappa shape index (κ2) is 13.5. The highest BCUT2D eigenvalue weighted by Gasteiger charge is 2.35. The summed E-state index contributed by atoms with van der Waals surface area (Å²) in [6.45, 7) is 9.18. The maximum Gasteiger partial charge on any atom is 0.293 e. The maximum atomic E-state index is 13.1. The minimum absolute atomic E-state index is 0.166. The normalized spacial score (nSPS) is 14.4. The summed E-state index contributed by atoms with van der Waals surface area (Å²) in [6.07, 6.45) is 1.69. The van der Waals surface area contributed by atoms with E-state index in [1.807, 2.05) is 32.0 Å². The van der Waals surface area contributed by atoms with Crippen LogP contribution < -0.4 is 14.2 Å². The van der Waals surface area contributed by atoms with Crippen molar-refractivity contribution in [2.24, 2.45) is 0 Å². The van der Waals surface area contributed by atoms with E-state index in [1.165, 1.54) is 4.90 Å². The van der Waals surface area contributed by atoms with E-state index in [2.05, 4.69) is 26.0 Å². The Labute approximate surface area is 249 Å². The van der Waals surface area contributed by atoms with Gasteiger partial charge in [-0.05, 0) is 90.2 Å². The first-order valence-electron chi connectivity index (χ1n) is 13.0. The molecule has 0 bridgehead atoms. The lowest BCUT2D eigenvalue weighted by molar-refractivity contribution is -0.123. The zero-order valence-corrected chi connectivity index (χ0v) is 25.2. The number of hydrogen-bond acceptors (Lipinski definition) is 6. The molecular weight excluding hydrogens is 569 g/mol. The van der Waals surface area contributed by atoms with Crippen molar-refractivity contribution < 1.29 is 23.8 Å². The molecule has 1 saturated heterocycles. The van der Waals surface area contributed by atoms with Gasteiger partial charge in [0.1, 0.15) is 19.0 Å². The van der Waals surface area contributed by atoms with Gasteiger partial charge < -0.3 is 14.2 Å². The summed E-state index contributed by atoms with van der Waals surface area (Å²) in [6, 6.07) is 16.8. The molecule has 0 spiro atoms. The Morgan fingerprint density at radius 2 is 1.70 bits per heavy atom. The Kier molecular flexibility index (Phi) is 10.1. The summed E-state index contributed by atoms with van der Waals surface area (Å²) in [5.41, 5.74) is 3.76. The van der Waals surface area contributed by atoms with Crippen molar-refractivity contribution in [2.75, 3.05) is 19.8 Å². The number of hydrogen-bond donors (Lipinski definition) is 0. The SMILES string of the molecule is CCOc1cc(/C=C2\SC(=O)N(CCOc3cc(C)ccc3C(C)C)C2=O)ccc1OCc1ccc(Cl)c(Cl)c1. The molecule has 0 saturated carbocycles. The predicted molar refractivity (Wildman–Crippen MR) is 162 cm³/mol. The minimum atomic E-state index is -0.343. The van der Waals surface area contributed by atoms with Crippen LogP contribution in [-0.4, -0.2) is 35.8 Å². The quantitative estimate of drug-likeness (QED) is 0.206. The number of benzene rings is 3. The maximum absolute atomic E-state index is 13.1. The van der Waals surface area contributed by atoms with Gasteiger partial charge in [0.25, 0.3) is 11.1 Å². The number of nitrogens with zero attached hydrogens (tertiary/aromatic N) is 1. The lowest BCUT2D eigenvalue weighted by Gasteiger charge is -2.17. The number of imide groups is 1. The van der Waals surface area contributed by atoms with Crippen molar-refractivity contribution >= 4 is 52.2 Å². The Hall–Kier alpha value is -3.13. The van der Waals surface area contributed by atoms with E-state index in [0.29, 0.717) is 44.5 Å². The molecule has 210 valence electrons. The van der Waals surface area contributed by atoms with Gasteiger partial charge in [0, 0.05) is 0 Å². The average molecular weight is 601 g/mol. The number of carbonyl (C=O) groups excluding carboxylic acids is 2. The van der Waals surface area contributed by atoms with Gasteiger partial charge >= 0.3 is 0 Å². The fraction of sp³-hybridized carbons (Fsp3) is 0.290. The number of halogens is 2. The minimum Gasteiger partial charge on any atom is -0.491 e. The topological polar surface area (TPSA) is 65.1 Å². The van der Waals surface area contributed by atoms with E-state index in [9.17, 15) is 9.59 Å². The van der Waals surface area contributed by atoms with Gasteiger partial charge in [-0.3, -0.25) is 14.5 Å². The molecule has 1 heterocycles. The van der Waals surface area contributed by atoms with Crippen LogP contribution in [0.15, 0.2) is 59.5 Å². The van der Waals surface area contributed by atoms with Crippen LogP contribution >= 0.6 is 35.0 Å². The van der Waals surface area contributed by atoms with E-state index in [4.69, 9.17) is 37.4 Å². The molecule has 3 aromatic carbocycles. The monoisotopic (exact) mass is 599 g/mol. The van der Waals surface area contributed by atoms with Crippen molar-refractivity contribution in [1.82, 2.24) is 4.90 Å². The third kappa shape index (κ3) is 7.33. The van der Waals surface area contributed by atoms with Crippen LogP contribution in [0.25, 0.3) is 6.08 Å². The molecule has 9 heteroatoms. The lowest BCUT2D eigenvalue weighted by atomic mass is 10.0. The van der Waals surface area contributed by atoms with Gasteiger partial charge in [-0.25, -0.2) is 0 Å². The van der Waals surface area contributed by atoms with Crippen LogP contribution in [0.3, 0.4) is 0 Å². The van der Waals surface area contributed by atoms with Crippen LogP contribution in [0.1, 0.15) is 48.9 Å². The van der Waals surface area contributed by atoms with Crippen molar-refractivity contribution in [3.63, 3.8) is 0 Å². The van der Waals surface area contributed by atoms with Crippen LogP contribution in [0, 0.1) is 6.92 Å². The van der Waals surface area contributed by atoms with E-state index < -0.39 is 0 Å². The molecule has 0 N–H and O–H groups in total. The molecule has 0 unspecified atom stereocenters. The van der Waals surface area contributed by atoms with Crippen LogP contribution in [-0.2, 0) is 11.4 Å². The molecule has 6 nitrogen and oxygen atoms in total. The fourth-order valence-electron chi connectivity index (χ4n) is 4.13. The molecule has 4 rings (SSSR count). The van der Waals surface area contributed by atoms with E-state index in [-0.39, 0.29) is 30.9 Å². The molecule has 0 aliphatic carbocycles. The highest BCUT2D eigenvalue weighted by atomic mass is 35.5. The van der Waals surface area contributed by atoms with E-state index >= 15 is 0 Å². The molecule has 2 amide bonds. The zero-order valence-electron chi connectivity index (χ0n) is 22.8. The Balaban J connectivity index is 1.42. The van der Waals surface area contributed by atoms with Gasteiger partial charge in [0.2, 0.25) is 0 Å². The van der Waals surface area contributed by atoms with Crippen LogP contribution in [0.2, 0.25) is 10.0 Å². The lowest BCUT2D eigenvalue weighted by Crippen LogP contribution is -2.32. The van der Waals surface area contributed by atoms with Gasteiger partial charge in [-0.1, -0.05) is 61.3 Å². The smallest absolute Gasteiger partial charge is 0.293 e. The molecular formula is C31H31Cl2NO5S. The van der Waals surface area contributed by atoms with Gasteiger partial charge in [0.05, 0.1) is 28.1 Å². The molecule has 0 aromatic heterocycles. The first-order chi connectivity index (χ1) is 19.2. The summed E-state index contributed by atoms with van der Waals surface area (Å²) in [7, 11) is 0. The second-order valence-electron chi connectivity index (χ2n) is 9.55. The summed E-state index contributed by atoms with van der Waals surface area (Å²) >= 11 is 13.0. The molecule has 0 radical (unpaired) electrons. The molecule has 1 aliphatic heterocycles. The Bertz CT molecular complexity index is 1440. The summed E-state index contributed by atoms with van der Waals surface area (Å²) in [4.78, 5) is 27.3. The first-order valence-corrected chi connectivity index (χ1v) is 14.6. The largest absolute Gasteiger partial charge is 0.491 e. The molecule has 3 aromatic rings. The van der Waals surface area contributed by atoms with E-state index in [0.717, 1.165) is 34.2 Å². The summed E-state index contributed by atoms with van der Waals surface area (Å²) in [5.74, 6) is 1.81. The standard InChI is InChI=1S/C31H31Cl2NO5S/c1-5-37-28-16-21(8-11-26(28)39-18-22-7-10-24(32)25(33)15-22)17-29-30(35)34(31(36)40-29)12-13-38-27-14-20(4)6-9-23(27)19(2)3/h6-11,14-17,19H,5,12-13,18H2,1-4H3/b29-17-. The van der Waals surface area contributed by atoms with Gasteiger partial charge in [-0.15, -0.1) is 0 Å². The summed E-state index contributed by atoms with van der Waals surface area (Å²) in [5, 5.41) is 0.618. The van der Waals surface area contributed by atoms with Crippen molar-refractivity contribution in [3.8, 4) is 17.2 Å². The summed E-state index contributed by atoms with van der Waals surface area (Å²) < 4.78 is 17.7. The number of amides is 2. The third-order valence-electron chi connectivity index (χ3n) is 6.18. The fourth-order valence-corrected chi connectivity index (χ4v) is 5.31. The molecule has 1 aliphatic rings. The number of rotatable bonds is 11. The third-order valence-corrected chi connectivity index (χ3v) is 7.83. The Morgan fingerprint density at radius 3 is 2.42 bits per heavy atom. The van der Waals surface area contributed by atoms with Crippen molar-refractivity contribution in [2.45, 2.75) is 40.2 Å². The average Bonchev–Trinajstić information content (AvgIpc) is 3.17. The van der Waals surface area contributed by atoms with Crippen LogP contribution in [0.4, 0.5) is 4.79 Å². The van der Waals surface area contributed by atoms with Gasteiger partial charge in [-0.2, -0.15) is 0 Å². The highest BCUT2D eigenvalue weighted by molar-refractivity contribution is 8.18. The molecule has 40 heavy (non-hydrogen) atoms. The molecule has 0 atom stereocenters. The number of ether oxygens (including phenoxy) is 3. The first kappa shape index (κ1) is 29.8. The number of carbonyl (C=O) groups is 2. The van der Waals surface area contributed by atoms with Crippen molar-refractivity contribution in [1.29, 1.82) is 0 Å². The second-order valence-corrected chi connectivity index (χ2v) is 11.4. The molecule has 1 fully saturated rings. The Morgan fingerprint density at radius 1 is 0.900 bits per heavy atom. The van der Waals surface area contributed by atoms with E-state index in [1.54, 1.807) is 30.3 Å². The highest BCUT2D eigenvalue weighted by Crippen LogP contribution is 2.35. The predicted octanol–water partition coefficient (Wildman–Crippen LogP) is 8.52. The number of aryl methyl sites for hydroxylation is 1. The van der Waals surface area contributed by atoms with Crippen molar-refractivity contribution in [3.05, 3.63) is 91.8 Å². The number of thioether (sulfide) groups is 1. The zero-order chi connectivity index (χ0) is 28.8. The van der Waals surface area contributed by atoms with Gasteiger partial charge in [0.15, 0.2) is 11.5 Å². The van der Waals surface area contributed by atoms with Crippen LogP contribution in [0.5, 0.6) is 17.2 Å².